The number of oxazole rings is 1. The van der Waals surface area contributed by atoms with Crippen molar-refractivity contribution in [2.24, 2.45) is 5.73 Å². The lowest BCUT2D eigenvalue weighted by Crippen LogP contribution is -2.19. The molecule has 1 aromatic heterocycles. The fourth-order valence-electron chi connectivity index (χ4n) is 1.80. The van der Waals surface area contributed by atoms with Crippen LogP contribution in [0, 0.1) is 6.92 Å². The highest BCUT2D eigenvalue weighted by Crippen LogP contribution is 2.20. The van der Waals surface area contributed by atoms with Gasteiger partial charge in [-0.15, -0.1) is 0 Å². The number of aromatic nitrogens is 1. The highest BCUT2D eigenvalue weighted by Gasteiger charge is 2.06. The van der Waals surface area contributed by atoms with E-state index in [0.717, 1.165) is 16.9 Å². The number of nitrogens with two attached hydrogens (primary N) is 1. The summed E-state index contributed by atoms with van der Waals surface area (Å²) < 4.78 is 5.18. The third-order valence-electron chi connectivity index (χ3n) is 2.91. The number of nitrogens with zero attached hydrogens (tertiary/aromatic N) is 1. The minimum Gasteiger partial charge on any atom is -0.449 e. The van der Waals surface area contributed by atoms with Crippen LogP contribution in [-0.4, -0.2) is 16.9 Å². The summed E-state index contributed by atoms with van der Waals surface area (Å²) in [5.74, 6) is 0.612. The Morgan fingerprint density at radius 3 is 2.65 bits per heavy atom. The van der Waals surface area contributed by atoms with E-state index < -0.39 is 0 Å². The number of amides is 1. The van der Waals surface area contributed by atoms with E-state index in [9.17, 15) is 4.79 Å². The van der Waals surface area contributed by atoms with Gasteiger partial charge in [0.25, 0.3) is 0 Å². The van der Waals surface area contributed by atoms with Crippen LogP contribution >= 0.6 is 0 Å². The molecule has 0 spiro atoms. The third-order valence-corrected chi connectivity index (χ3v) is 2.91. The highest BCUT2D eigenvalue weighted by atomic mass is 16.3. The monoisotopic (exact) mass is 273 g/mol. The summed E-state index contributed by atoms with van der Waals surface area (Å²) in [4.78, 5) is 15.9. The van der Waals surface area contributed by atoms with Gasteiger partial charge < -0.3 is 15.5 Å². The number of hydrogen-bond acceptors (Lipinski definition) is 4. The maximum Gasteiger partial charge on any atom is 0.224 e. The van der Waals surface area contributed by atoms with Crippen molar-refractivity contribution in [3.8, 4) is 11.3 Å². The molecular weight excluding hydrogens is 254 g/mol. The van der Waals surface area contributed by atoms with Crippen LogP contribution in [0.3, 0.4) is 0 Å². The maximum atomic E-state index is 11.7. The molecule has 1 heterocycles. The Morgan fingerprint density at radius 2 is 2.10 bits per heavy atom. The Bertz CT molecular complexity index is 573. The molecule has 5 nitrogen and oxygen atoms in total. The van der Waals surface area contributed by atoms with Gasteiger partial charge in [0.05, 0.1) is 0 Å². The predicted molar refractivity (Wildman–Crippen MR) is 78.2 cm³/mol. The Hall–Kier alpha value is -2.14. The smallest absolute Gasteiger partial charge is 0.224 e. The summed E-state index contributed by atoms with van der Waals surface area (Å²) in [5, 5.41) is 2.84. The number of carbonyl (C=O) groups is 1. The van der Waals surface area contributed by atoms with Crippen LogP contribution in [-0.2, 0) is 4.79 Å². The SMILES string of the molecule is Cc1nc(-c2ccc(NC(=O)CCC(C)N)cc2)co1. The molecule has 0 saturated heterocycles. The van der Waals surface area contributed by atoms with E-state index in [4.69, 9.17) is 10.2 Å². The Kier molecular flexibility index (Phi) is 4.53. The Labute approximate surface area is 118 Å². The molecule has 0 aliphatic heterocycles. The van der Waals surface area contributed by atoms with Crippen molar-refractivity contribution in [3.05, 3.63) is 36.4 Å². The average Bonchev–Trinajstić information content (AvgIpc) is 2.84. The molecule has 2 aromatic rings. The lowest BCUT2D eigenvalue weighted by molar-refractivity contribution is -0.116. The van der Waals surface area contributed by atoms with Gasteiger partial charge in [-0.05, 0) is 25.5 Å². The van der Waals surface area contributed by atoms with Crippen LogP contribution in [0.4, 0.5) is 5.69 Å². The van der Waals surface area contributed by atoms with Crippen molar-refractivity contribution >= 4 is 11.6 Å². The van der Waals surface area contributed by atoms with Gasteiger partial charge >= 0.3 is 0 Å². The minimum absolute atomic E-state index is 0.0210. The summed E-state index contributed by atoms with van der Waals surface area (Å²) in [7, 11) is 0. The molecule has 0 radical (unpaired) electrons. The second-order valence-corrected chi connectivity index (χ2v) is 4.89. The molecule has 106 valence electrons. The van der Waals surface area contributed by atoms with Crippen LogP contribution in [0.25, 0.3) is 11.3 Å². The van der Waals surface area contributed by atoms with Crippen LogP contribution in [0.5, 0.6) is 0 Å². The third kappa shape index (κ3) is 3.93. The van der Waals surface area contributed by atoms with E-state index in [1.807, 2.05) is 31.2 Å². The normalized spacial score (nSPS) is 12.2. The van der Waals surface area contributed by atoms with E-state index in [1.54, 1.807) is 13.2 Å². The fourth-order valence-corrected chi connectivity index (χ4v) is 1.80. The standard InChI is InChI=1S/C15H19N3O2/c1-10(16)3-8-15(19)18-13-6-4-12(5-7-13)14-9-20-11(2)17-14/h4-7,9-10H,3,8,16H2,1-2H3,(H,18,19). The van der Waals surface area contributed by atoms with Crippen molar-refractivity contribution < 1.29 is 9.21 Å². The van der Waals surface area contributed by atoms with Crippen LogP contribution in [0.1, 0.15) is 25.7 Å². The van der Waals surface area contributed by atoms with Gasteiger partial charge in [-0.2, -0.15) is 0 Å². The van der Waals surface area contributed by atoms with Gasteiger partial charge in [0, 0.05) is 30.6 Å². The van der Waals surface area contributed by atoms with Gasteiger partial charge in [-0.3, -0.25) is 4.79 Å². The summed E-state index contributed by atoms with van der Waals surface area (Å²) in [6.07, 6.45) is 2.73. The van der Waals surface area contributed by atoms with Crippen molar-refractivity contribution in [1.29, 1.82) is 0 Å². The molecule has 0 saturated carbocycles. The molecule has 5 heteroatoms. The lowest BCUT2D eigenvalue weighted by atomic mass is 10.1. The zero-order valence-electron chi connectivity index (χ0n) is 11.7. The van der Waals surface area contributed by atoms with E-state index in [0.29, 0.717) is 18.7 Å². The zero-order chi connectivity index (χ0) is 14.5. The molecule has 0 bridgehead atoms. The zero-order valence-corrected chi connectivity index (χ0v) is 11.7. The quantitative estimate of drug-likeness (QED) is 0.877. The Morgan fingerprint density at radius 1 is 1.40 bits per heavy atom. The number of carbonyl (C=O) groups excluding carboxylic acids is 1. The molecule has 1 aromatic carbocycles. The summed E-state index contributed by atoms with van der Waals surface area (Å²) in [6, 6.07) is 7.54. The van der Waals surface area contributed by atoms with Gasteiger partial charge in [0.1, 0.15) is 12.0 Å². The van der Waals surface area contributed by atoms with Crippen molar-refractivity contribution in [3.63, 3.8) is 0 Å². The molecule has 1 atom stereocenters. The second kappa shape index (κ2) is 6.34. The number of hydrogen-bond donors (Lipinski definition) is 2. The second-order valence-electron chi connectivity index (χ2n) is 4.89. The minimum atomic E-state index is -0.0210. The molecule has 0 fully saturated rings. The van der Waals surface area contributed by atoms with Gasteiger partial charge in [0.15, 0.2) is 5.89 Å². The van der Waals surface area contributed by atoms with Crippen molar-refractivity contribution in [1.82, 2.24) is 4.98 Å². The predicted octanol–water partition coefficient (Wildman–Crippen LogP) is 2.72. The van der Waals surface area contributed by atoms with E-state index in [1.165, 1.54) is 0 Å². The largest absolute Gasteiger partial charge is 0.449 e. The van der Waals surface area contributed by atoms with Crippen LogP contribution in [0.2, 0.25) is 0 Å². The number of aryl methyl sites for hydroxylation is 1. The van der Waals surface area contributed by atoms with E-state index in [2.05, 4.69) is 10.3 Å². The van der Waals surface area contributed by atoms with E-state index >= 15 is 0 Å². The molecule has 0 aliphatic carbocycles. The number of nitrogens with one attached hydrogen (secondary N) is 1. The summed E-state index contributed by atoms with van der Waals surface area (Å²) >= 11 is 0. The number of anilines is 1. The first kappa shape index (κ1) is 14.3. The lowest BCUT2D eigenvalue weighted by Gasteiger charge is -2.07. The molecule has 1 amide bonds. The Balaban J connectivity index is 1.96. The van der Waals surface area contributed by atoms with Crippen molar-refractivity contribution in [2.45, 2.75) is 32.7 Å². The average molecular weight is 273 g/mol. The first-order valence-electron chi connectivity index (χ1n) is 6.62. The summed E-state index contributed by atoms with van der Waals surface area (Å²) in [5.41, 5.74) is 8.14. The fraction of sp³-hybridized carbons (Fsp3) is 0.333. The molecule has 3 N–H and O–H groups in total. The topological polar surface area (TPSA) is 81.2 Å². The molecule has 20 heavy (non-hydrogen) atoms. The van der Waals surface area contributed by atoms with Gasteiger partial charge in [0.2, 0.25) is 5.91 Å². The molecule has 2 rings (SSSR count). The molecule has 0 aliphatic rings. The van der Waals surface area contributed by atoms with Crippen LogP contribution < -0.4 is 11.1 Å². The van der Waals surface area contributed by atoms with Crippen LogP contribution in [0.15, 0.2) is 34.9 Å². The van der Waals surface area contributed by atoms with Gasteiger partial charge in [-0.25, -0.2) is 4.98 Å². The first-order valence-corrected chi connectivity index (χ1v) is 6.62. The molecule has 1 unspecified atom stereocenters. The van der Waals surface area contributed by atoms with Crippen molar-refractivity contribution in [2.75, 3.05) is 5.32 Å². The number of benzene rings is 1. The highest BCUT2D eigenvalue weighted by molar-refractivity contribution is 5.90. The molecular formula is C15H19N3O2. The first-order chi connectivity index (χ1) is 9.54. The van der Waals surface area contributed by atoms with Gasteiger partial charge in [-0.1, -0.05) is 12.1 Å². The maximum absolute atomic E-state index is 11.7. The summed E-state index contributed by atoms with van der Waals surface area (Å²) in [6.45, 7) is 3.69. The van der Waals surface area contributed by atoms with E-state index in [-0.39, 0.29) is 11.9 Å². The number of rotatable bonds is 5.